The second-order valence-corrected chi connectivity index (χ2v) is 2.78. The van der Waals surface area contributed by atoms with Crippen LogP contribution in [0.5, 0.6) is 5.75 Å². The summed E-state index contributed by atoms with van der Waals surface area (Å²) in [5, 5.41) is 1.11. The summed E-state index contributed by atoms with van der Waals surface area (Å²) >= 11 is 1.66. The molecule has 0 aliphatic rings. The molecule has 15 heavy (non-hydrogen) atoms. The van der Waals surface area contributed by atoms with E-state index < -0.39 is 0 Å². The number of nitrogens with zero attached hydrogens (tertiary/aromatic N) is 1. The molecule has 0 atom stereocenters. The Morgan fingerprint density at radius 3 is 2.47 bits per heavy atom. The van der Waals surface area contributed by atoms with Gasteiger partial charge in [0.2, 0.25) is 0 Å². The standard InChI is InChI=1S/C9H7NO.3ClH.Ti/c11-8-3-4-9-7(6-8)2-1-5-10-9;;;;/h1-6,11H;3*1H;/q;;;;+4/p-4. The molecule has 1 aromatic heterocycles. The predicted molar refractivity (Wildman–Crippen MR) is 42.4 cm³/mol. The van der Waals surface area contributed by atoms with E-state index in [1.165, 1.54) is 0 Å². The number of hydrogen-bond donors (Lipinski definition) is 0. The molecular formula is C9H6Cl3NOTi. The van der Waals surface area contributed by atoms with Gasteiger partial charge in [0.25, 0.3) is 0 Å². The zero-order valence-electron chi connectivity index (χ0n) is 7.45. The summed E-state index contributed by atoms with van der Waals surface area (Å²) in [6, 6.07) is 9.78. The molecule has 2 rings (SSSR count). The Balaban J connectivity index is 0. The molecule has 78 valence electrons. The molecule has 0 radical (unpaired) electrons. The van der Waals surface area contributed by atoms with E-state index in [4.69, 9.17) is 3.32 Å². The van der Waals surface area contributed by atoms with Crippen molar-refractivity contribution in [3.8, 4) is 5.75 Å². The zero-order chi connectivity index (χ0) is 8.39. The Labute approximate surface area is 119 Å². The van der Waals surface area contributed by atoms with Crippen molar-refractivity contribution < 1.29 is 61.4 Å². The van der Waals surface area contributed by atoms with Crippen LogP contribution in [-0.4, -0.2) is 4.98 Å². The van der Waals surface area contributed by atoms with E-state index in [-0.39, 0.29) is 37.2 Å². The topological polar surface area (TPSA) is 22.1 Å². The third-order valence-electron chi connectivity index (χ3n) is 1.69. The molecule has 0 spiro atoms. The number of benzene rings is 1. The van der Waals surface area contributed by atoms with E-state index in [9.17, 15) is 0 Å². The fourth-order valence-corrected chi connectivity index (χ4v) is 1.32. The Morgan fingerprint density at radius 1 is 1.07 bits per heavy atom. The SMILES string of the molecule is [Cl-].[Cl-].[Cl-].[Ti+3][O]c1ccc2ncccc2c1. The van der Waals surface area contributed by atoms with E-state index in [1.54, 1.807) is 27.0 Å². The first kappa shape index (κ1) is 17.4. The summed E-state index contributed by atoms with van der Waals surface area (Å²) in [7, 11) is 0. The molecule has 0 N–H and O–H groups in total. The Bertz CT molecular complexity index is 413. The number of pyridine rings is 1. The summed E-state index contributed by atoms with van der Waals surface area (Å²) in [4.78, 5) is 4.20. The second kappa shape index (κ2) is 8.20. The molecule has 0 bridgehead atoms. The van der Waals surface area contributed by atoms with Gasteiger partial charge >= 0.3 is 82.3 Å². The molecule has 0 unspecified atom stereocenters. The van der Waals surface area contributed by atoms with E-state index in [1.807, 2.05) is 30.3 Å². The van der Waals surface area contributed by atoms with Crippen molar-refractivity contribution in [1.82, 2.24) is 4.98 Å². The van der Waals surface area contributed by atoms with E-state index in [0.29, 0.717) is 0 Å². The van der Waals surface area contributed by atoms with Gasteiger partial charge in [-0.25, -0.2) is 0 Å². The fraction of sp³-hybridized carbons (Fsp3) is 0. The maximum absolute atomic E-state index is 5.09. The minimum atomic E-state index is 0. The minimum absolute atomic E-state index is 0. The van der Waals surface area contributed by atoms with Gasteiger partial charge in [-0.1, -0.05) is 0 Å². The van der Waals surface area contributed by atoms with Crippen LogP contribution in [0.4, 0.5) is 0 Å². The van der Waals surface area contributed by atoms with Crippen molar-refractivity contribution in [2.24, 2.45) is 0 Å². The van der Waals surface area contributed by atoms with Crippen molar-refractivity contribution in [3.05, 3.63) is 36.5 Å². The summed E-state index contributed by atoms with van der Waals surface area (Å²) in [6.45, 7) is 0. The van der Waals surface area contributed by atoms with E-state index in [2.05, 4.69) is 4.98 Å². The summed E-state index contributed by atoms with van der Waals surface area (Å²) in [5.41, 5.74) is 0.998. The molecule has 2 nitrogen and oxygen atoms in total. The van der Waals surface area contributed by atoms with Gasteiger partial charge in [0.05, 0.1) is 0 Å². The first-order chi connectivity index (χ1) is 5.90. The average molecular weight is 298 g/mol. The second-order valence-electron chi connectivity index (χ2n) is 2.46. The molecule has 1 aromatic carbocycles. The number of aromatic nitrogens is 1. The zero-order valence-corrected chi connectivity index (χ0v) is 11.3. The first-order valence-corrected chi connectivity index (χ1v) is 4.22. The van der Waals surface area contributed by atoms with Crippen LogP contribution in [0.3, 0.4) is 0 Å². The van der Waals surface area contributed by atoms with E-state index in [0.717, 1.165) is 16.7 Å². The molecule has 0 aliphatic carbocycles. The van der Waals surface area contributed by atoms with Gasteiger partial charge in [0, 0.05) is 0 Å². The van der Waals surface area contributed by atoms with Gasteiger partial charge in [-0.2, -0.15) is 0 Å². The quantitative estimate of drug-likeness (QED) is 0.488. The van der Waals surface area contributed by atoms with Crippen LogP contribution in [0.15, 0.2) is 36.5 Å². The van der Waals surface area contributed by atoms with Crippen molar-refractivity contribution in [1.29, 1.82) is 0 Å². The van der Waals surface area contributed by atoms with Crippen LogP contribution < -0.4 is 40.5 Å². The number of rotatable bonds is 1. The van der Waals surface area contributed by atoms with Gasteiger partial charge in [-0.05, 0) is 0 Å². The summed E-state index contributed by atoms with van der Waals surface area (Å²) in [6.07, 6.45) is 1.79. The predicted octanol–water partition coefficient (Wildman–Crippen LogP) is -6.91. The van der Waals surface area contributed by atoms with Crippen molar-refractivity contribution >= 4 is 10.9 Å². The monoisotopic (exact) mass is 297 g/mol. The fourth-order valence-electron chi connectivity index (χ4n) is 1.12. The molecule has 0 saturated heterocycles. The number of fused-ring (bicyclic) bond motifs is 1. The number of halogens is 3. The Morgan fingerprint density at radius 2 is 1.80 bits per heavy atom. The summed E-state index contributed by atoms with van der Waals surface area (Å²) < 4.78 is 5.09. The van der Waals surface area contributed by atoms with Crippen molar-refractivity contribution in [3.63, 3.8) is 0 Å². The normalized spacial score (nSPS) is 8.13. The molecule has 1 heterocycles. The molecule has 0 aliphatic heterocycles. The third kappa shape index (κ3) is 4.17. The number of hydrogen-bond acceptors (Lipinski definition) is 2. The Hall–Kier alpha value is 0.0143. The van der Waals surface area contributed by atoms with Gasteiger partial charge in [0.1, 0.15) is 0 Å². The van der Waals surface area contributed by atoms with Crippen LogP contribution in [0.1, 0.15) is 0 Å². The van der Waals surface area contributed by atoms with Crippen LogP contribution >= 0.6 is 0 Å². The Kier molecular flexibility index (Phi) is 9.52. The van der Waals surface area contributed by atoms with Gasteiger partial charge < -0.3 is 37.2 Å². The van der Waals surface area contributed by atoms with Crippen LogP contribution in [-0.2, 0) is 20.8 Å². The van der Waals surface area contributed by atoms with Crippen molar-refractivity contribution in [2.45, 2.75) is 0 Å². The first-order valence-electron chi connectivity index (χ1n) is 3.58. The average Bonchev–Trinajstić information content (AvgIpc) is 2.17. The molecule has 0 fully saturated rings. The molecule has 0 saturated carbocycles. The molecule has 6 heteroatoms. The van der Waals surface area contributed by atoms with Crippen LogP contribution in [0, 0.1) is 0 Å². The van der Waals surface area contributed by atoms with E-state index >= 15 is 0 Å². The van der Waals surface area contributed by atoms with Crippen LogP contribution in [0.25, 0.3) is 10.9 Å². The maximum atomic E-state index is 5.09. The van der Waals surface area contributed by atoms with Crippen LogP contribution in [0.2, 0.25) is 0 Å². The molecular weight excluding hydrogens is 292 g/mol. The van der Waals surface area contributed by atoms with Gasteiger partial charge in [-0.3, -0.25) is 0 Å². The third-order valence-corrected chi connectivity index (χ3v) is 2.06. The molecule has 0 amide bonds. The van der Waals surface area contributed by atoms with Gasteiger partial charge in [0.15, 0.2) is 0 Å². The van der Waals surface area contributed by atoms with Gasteiger partial charge in [-0.15, -0.1) is 0 Å². The molecule has 2 aromatic rings. The van der Waals surface area contributed by atoms with Crippen molar-refractivity contribution in [2.75, 3.05) is 0 Å². The summed E-state index contributed by atoms with van der Waals surface area (Å²) in [5.74, 6) is 0.871.